The Balaban J connectivity index is 1.69. The molecule has 0 radical (unpaired) electrons. The van der Waals surface area contributed by atoms with Crippen LogP contribution in [0.25, 0.3) is 6.08 Å². The topological polar surface area (TPSA) is 58.6 Å². The van der Waals surface area contributed by atoms with Crippen LogP contribution in [0.4, 0.5) is 0 Å². The van der Waals surface area contributed by atoms with Crippen LogP contribution in [0.2, 0.25) is 0 Å². The first-order chi connectivity index (χ1) is 11.5. The molecule has 3 rings (SSSR count). The Hall–Kier alpha value is -2.30. The lowest BCUT2D eigenvalue weighted by Gasteiger charge is -2.33. The van der Waals surface area contributed by atoms with E-state index in [4.69, 9.17) is 4.74 Å². The Bertz CT molecular complexity index is 666. The number of benzene rings is 1. The van der Waals surface area contributed by atoms with E-state index >= 15 is 0 Å². The molecule has 0 aromatic heterocycles. The largest absolute Gasteiger partial charge is 0.488 e. The molecule has 0 unspecified atom stereocenters. The van der Waals surface area contributed by atoms with Crippen LogP contribution < -0.4 is 10.1 Å². The number of carbonyl (C=O) groups is 2. The van der Waals surface area contributed by atoms with Crippen molar-refractivity contribution >= 4 is 17.9 Å². The van der Waals surface area contributed by atoms with Crippen molar-refractivity contribution in [2.75, 3.05) is 19.7 Å². The molecule has 2 amide bonds. The molecule has 1 aromatic rings. The summed E-state index contributed by atoms with van der Waals surface area (Å²) < 4.78 is 5.68. The van der Waals surface area contributed by atoms with E-state index in [-0.39, 0.29) is 30.4 Å². The third-order valence-electron chi connectivity index (χ3n) is 4.42. The summed E-state index contributed by atoms with van der Waals surface area (Å²) in [4.78, 5) is 26.8. The number of likely N-dealkylation sites (tertiary alicyclic amines) is 1. The van der Waals surface area contributed by atoms with Crippen molar-refractivity contribution in [3.05, 3.63) is 35.4 Å². The van der Waals surface area contributed by atoms with Crippen LogP contribution >= 0.6 is 0 Å². The lowest BCUT2D eigenvalue weighted by molar-refractivity contribution is -0.133. The highest BCUT2D eigenvalue weighted by molar-refractivity contribution is 5.99. The van der Waals surface area contributed by atoms with Crippen molar-refractivity contribution in [3.8, 4) is 5.75 Å². The molecule has 2 heterocycles. The Morgan fingerprint density at radius 1 is 1.29 bits per heavy atom. The molecule has 24 heavy (non-hydrogen) atoms. The van der Waals surface area contributed by atoms with Gasteiger partial charge in [0.15, 0.2) is 0 Å². The number of fused-ring (bicyclic) bond motifs is 1. The summed E-state index contributed by atoms with van der Waals surface area (Å²) in [6, 6.07) is 7.81. The maximum Gasteiger partial charge on any atom is 0.253 e. The molecule has 0 aliphatic carbocycles. The van der Waals surface area contributed by atoms with Gasteiger partial charge in [0.1, 0.15) is 12.4 Å². The normalized spacial score (nSPS) is 20.0. The van der Waals surface area contributed by atoms with E-state index < -0.39 is 0 Å². The van der Waals surface area contributed by atoms with Crippen LogP contribution in [0.15, 0.2) is 29.8 Å². The van der Waals surface area contributed by atoms with E-state index in [0.717, 1.165) is 24.2 Å². The molecule has 1 saturated heterocycles. The SMILES string of the molecule is CC(C)NC(=O)[C@@H]1CCCN(C(=O)C2=Cc3ccccc3OC2)C1. The highest BCUT2D eigenvalue weighted by Gasteiger charge is 2.30. The smallest absolute Gasteiger partial charge is 0.253 e. The average molecular weight is 328 g/mol. The van der Waals surface area contributed by atoms with Crippen molar-refractivity contribution in [2.45, 2.75) is 32.7 Å². The van der Waals surface area contributed by atoms with E-state index in [1.807, 2.05) is 44.2 Å². The van der Waals surface area contributed by atoms with Crippen LogP contribution in [0, 0.1) is 5.92 Å². The molecule has 2 aliphatic heterocycles. The first kappa shape index (κ1) is 16.6. The first-order valence-corrected chi connectivity index (χ1v) is 8.56. The van der Waals surface area contributed by atoms with Gasteiger partial charge in [0, 0.05) is 24.7 Å². The van der Waals surface area contributed by atoms with Crippen molar-refractivity contribution < 1.29 is 14.3 Å². The summed E-state index contributed by atoms with van der Waals surface area (Å²) >= 11 is 0. The maximum absolute atomic E-state index is 12.8. The standard InChI is InChI=1S/C19H24N2O3/c1-13(2)20-18(22)15-7-5-9-21(11-15)19(23)16-10-14-6-3-4-8-17(14)24-12-16/h3-4,6,8,10,13,15H,5,7,9,11-12H2,1-2H3,(H,20,22)/t15-/m1/s1. The van der Waals surface area contributed by atoms with Gasteiger partial charge in [0.05, 0.1) is 11.5 Å². The van der Waals surface area contributed by atoms with Gasteiger partial charge in [-0.1, -0.05) is 18.2 Å². The lowest BCUT2D eigenvalue weighted by Crippen LogP contribution is -2.47. The minimum absolute atomic E-state index is 0.0217. The Morgan fingerprint density at radius 2 is 2.08 bits per heavy atom. The molecule has 0 bridgehead atoms. The van der Waals surface area contributed by atoms with E-state index in [1.165, 1.54) is 0 Å². The number of para-hydroxylation sites is 1. The number of amides is 2. The number of rotatable bonds is 3. The average Bonchev–Trinajstić information content (AvgIpc) is 2.60. The number of hydrogen-bond donors (Lipinski definition) is 1. The zero-order chi connectivity index (χ0) is 17.1. The van der Waals surface area contributed by atoms with Gasteiger partial charge in [-0.15, -0.1) is 0 Å². The molecule has 2 aliphatic rings. The molecule has 5 nitrogen and oxygen atoms in total. The zero-order valence-electron chi connectivity index (χ0n) is 14.2. The summed E-state index contributed by atoms with van der Waals surface area (Å²) in [5.74, 6) is 0.706. The van der Waals surface area contributed by atoms with Gasteiger partial charge in [0.2, 0.25) is 5.91 Å². The van der Waals surface area contributed by atoms with Crippen LogP contribution in [-0.4, -0.2) is 42.5 Å². The molecular weight excluding hydrogens is 304 g/mol. The summed E-state index contributed by atoms with van der Waals surface area (Å²) in [5.41, 5.74) is 1.58. The second kappa shape index (κ2) is 7.07. The van der Waals surface area contributed by atoms with E-state index in [2.05, 4.69) is 5.32 Å². The predicted octanol–water partition coefficient (Wildman–Crippen LogP) is 2.23. The third-order valence-corrected chi connectivity index (χ3v) is 4.42. The molecule has 5 heteroatoms. The van der Waals surface area contributed by atoms with Crippen LogP contribution in [0.1, 0.15) is 32.3 Å². The number of nitrogens with zero attached hydrogens (tertiary/aromatic N) is 1. The van der Waals surface area contributed by atoms with Gasteiger partial charge in [-0.25, -0.2) is 0 Å². The van der Waals surface area contributed by atoms with Crippen molar-refractivity contribution in [3.63, 3.8) is 0 Å². The van der Waals surface area contributed by atoms with Gasteiger partial charge >= 0.3 is 0 Å². The second-order valence-corrected chi connectivity index (χ2v) is 6.75. The Kier molecular flexibility index (Phi) is 4.88. The number of hydrogen-bond acceptors (Lipinski definition) is 3. The molecule has 1 atom stereocenters. The summed E-state index contributed by atoms with van der Waals surface area (Å²) in [7, 11) is 0. The fraction of sp³-hybridized carbons (Fsp3) is 0.474. The number of ether oxygens (including phenoxy) is 1. The van der Waals surface area contributed by atoms with E-state index in [1.54, 1.807) is 4.90 Å². The molecule has 0 spiro atoms. The Morgan fingerprint density at radius 3 is 2.88 bits per heavy atom. The minimum atomic E-state index is -0.123. The summed E-state index contributed by atoms with van der Waals surface area (Å²) in [5, 5.41) is 2.95. The minimum Gasteiger partial charge on any atom is -0.488 e. The highest BCUT2D eigenvalue weighted by Crippen LogP contribution is 2.27. The first-order valence-electron chi connectivity index (χ1n) is 8.56. The van der Waals surface area contributed by atoms with E-state index in [9.17, 15) is 9.59 Å². The fourth-order valence-electron chi connectivity index (χ4n) is 3.22. The van der Waals surface area contributed by atoms with Gasteiger partial charge in [0.25, 0.3) is 5.91 Å². The van der Waals surface area contributed by atoms with Gasteiger partial charge in [-0.05, 0) is 38.8 Å². The number of nitrogens with one attached hydrogen (secondary N) is 1. The number of carbonyl (C=O) groups excluding carboxylic acids is 2. The van der Waals surface area contributed by atoms with Crippen LogP contribution in [-0.2, 0) is 9.59 Å². The lowest BCUT2D eigenvalue weighted by atomic mass is 9.96. The third kappa shape index (κ3) is 3.61. The zero-order valence-corrected chi connectivity index (χ0v) is 14.2. The fourth-order valence-corrected chi connectivity index (χ4v) is 3.22. The number of piperidine rings is 1. The van der Waals surface area contributed by atoms with Crippen molar-refractivity contribution in [1.29, 1.82) is 0 Å². The molecule has 1 N–H and O–H groups in total. The molecule has 1 aromatic carbocycles. The molecule has 1 fully saturated rings. The van der Waals surface area contributed by atoms with Crippen LogP contribution in [0.5, 0.6) is 5.75 Å². The monoisotopic (exact) mass is 328 g/mol. The van der Waals surface area contributed by atoms with E-state index in [0.29, 0.717) is 18.7 Å². The predicted molar refractivity (Wildman–Crippen MR) is 92.5 cm³/mol. The van der Waals surface area contributed by atoms with Crippen molar-refractivity contribution in [2.24, 2.45) is 5.92 Å². The molecule has 0 saturated carbocycles. The molecule has 128 valence electrons. The van der Waals surface area contributed by atoms with Crippen molar-refractivity contribution in [1.82, 2.24) is 10.2 Å². The highest BCUT2D eigenvalue weighted by atomic mass is 16.5. The quantitative estimate of drug-likeness (QED) is 0.926. The summed E-state index contributed by atoms with van der Waals surface area (Å²) in [6.45, 7) is 5.37. The van der Waals surface area contributed by atoms with Gasteiger partial charge in [-0.3, -0.25) is 9.59 Å². The summed E-state index contributed by atoms with van der Waals surface area (Å²) in [6.07, 6.45) is 3.59. The van der Waals surface area contributed by atoms with Crippen LogP contribution in [0.3, 0.4) is 0 Å². The second-order valence-electron chi connectivity index (χ2n) is 6.75. The maximum atomic E-state index is 12.8. The van der Waals surface area contributed by atoms with Gasteiger partial charge in [-0.2, -0.15) is 0 Å². The molecular formula is C19H24N2O3. The van der Waals surface area contributed by atoms with Gasteiger partial charge < -0.3 is 15.0 Å². The Labute approximate surface area is 142 Å².